The number of H-pyrrole nitrogens is 1. The number of nitrogens with two attached hydrogens (primary N) is 1. The lowest BCUT2D eigenvalue weighted by Gasteiger charge is -2.07. The summed E-state index contributed by atoms with van der Waals surface area (Å²) in [5.41, 5.74) is 8.00. The minimum atomic E-state index is -0.238. The molecule has 0 saturated heterocycles. The summed E-state index contributed by atoms with van der Waals surface area (Å²) in [5.74, 6) is -0.660. The van der Waals surface area contributed by atoms with Crippen molar-refractivity contribution in [3.8, 4) is 0 Å². The molecule has 2 aromatic heterocycles. The fourth-order valence-electron chi connectivity index (χ4n) is 2.74. The molecule has 3 aromatic rings. The number of nitrogens with zero attached hydrogens (tertiary/aromatic N) is 2. The average Bonchev–Trinajstić information content (AvgIpc) is 3.03. The highest BCUT2D eigenvalue weighted by atomic mass is 16.3. The summed E-state index contributed by atoms with van der Waals surface area (Å²) in [7, 11) is 0. The van der Waals surface area contributed by atoms with Crippen LogP contribution >= 0.6 is 0 Å². The first kappa shape index (κ1) is 17.0. The Bertz CT molecular complexity index is 1020. The van der Waals surface area contributed by atoms with Gasteiger partial charge in [0.25, 0.3) is 0 Å². The molecule has 3 rings (SSSR count). The van der Waals surface area contributed by atoms with Crippen molar-refractivity contribution in [2.45, 2.75) is 26.7 Å². The van der Waals surface area contributed by atoms with E-state index < -0.39 is 0 Å². The number of amides is 1. The summed E-state index contributed by atoms with van der Waals surface area (Å²) in [5, 5.41) is 10.9. The molecule has 7 heteroatoms. The van der Waals surface area contributed by atoms with Crippen LogP contribution in [0.1, 0.15) is 37.2 Å². The Morgan fingerprint density at radius 1 is 1.40 bits per heavy atom. The highest BCUT2D eigenvalue weighted by Crippen LogP contribution is 2.28. The summed E-state index contributed by atoms with van der Waals surface area (Å²) in [6.45, 7) is 3.51. The van der Waals surface area contributed by atoms with Crippen LogP contribution in [0, 0.1) is 5.92 Å². The number of nitrogens with one attached hydrogen (secondary N) is 1. The number of nitrogen functional groups attached to an aromatic ring is 1. The number of pyridine rings is 1. The predicted molar refractivity (Wildman–Crippen MR) is 95.3 cm³/mol. The number of hydrogen-bond acceptors (Lipinski definition) is 5. The second kappa shape index (κ2) is 6.60. The Kier molecular flexibility index (Phi) is 4.50. The molecule has 7 nitrogen and oxygen atoms in total. The molecule has 1 unspecified atom stereocenters. The zero-order chi connectivity index (χ0) is 18.1. The third kappa shape index (κ3) is 2.98. The van der Waals surface area contributed by atoms with Gasteiger partial charge in [-0.15, -0.1) is 0 Å². The summed E-state index contributed by atoms with van der Waals surface area (Å²) < 4.78 is 0. The van der Waals surface area contributed by atoms with Crippen LogP contribution in [0.4, 0.5) is 5.69 Å². The first-order valence-corrected chi connectivity index (χ1v) is 8.22. The van der Waals surface area contributed by atoms with Crippen molar-refractivity contribution >= 4 is 39.2 Å². The Morgan fingerprint density at radius 3 is 2.84 bits per heavy atom. The maximum Gasteiger partial charge on any atom is 0.249 e. The number of aliphatic hydroxyl groups excluding tert-OH is 1. The molecule has 4 N–H and O–H groups in total. The van der Waals surface area contributed by atoms with Crippen molar-refractivity contribution in [3.05, 3.63) is 29.4 Å². The van der Waals surface area contributed by atoms with Crippen LogP contribution in [0.15, 0.2) is 23.3 Å². The van der Waals surface area contributed by atoms with E-state index in [9.17, 15) is 9.59 Å². The first-order chi connectivity index (χ1) is 12.0. The van der Waals surface area contributed by atoms with Crippen molar-refractivity contribution in [3.63, 3.8) is 0 Å². The van der Waals surface area contributed by atoms with Crippen LogP contribution in [0.25, 0.3) is 21.8 Å². The molecule has 0 aliphatic carbocycles. The number of aromatic nitrogens is 2. The van der Waals surface area contributed by atoms with E-state index in [0.29, 0.717) is 34.2 Å². The van der Waals surface area contributed by atoms with Gasteiger partial charge in [0, 0.05) is 29.3 Å². The zero-order valence-electron chi connectivity index (χ0n) is 14.2. The Labute approximate surface area is 143 Å². The van der Waals surface area contributed by atoms with Gasteiger partial charge in [0.15, 0.2) is 5.78 Å². The lowest BCUT2D eigenvalue weighted by Crippen LogP contribution is -2.16. The number of carbonyl (C=O) groups excluding carboxylic acids is 2. The van der Waals surface area contributed by atoms with Gasteiger partial charge >= 0.3 is 0 Å². The molecular weight excluding hydrogens is 320 g/mol. The predicted octanol–water partition coefficient (Wildman–Crippen LogP) is 1.77. The number of Topliss-reactive ketones (excluding diaryl/α,β-unsaturated/α-hetero) is 1. The topological polar surface area (TPSA) is 121 Å². The molecular formula is C18H20N4O3. The third-order valence-corrected chi connectivity index (χ3v) is 4.39. The number of ketones is 1. The molecule has 0 bridgehead atoms. The van der Waals surface area contributed by atoms with Crippen LogP contribution in [-0.4, -0.2) is 33.4 Å². The third-order valence-electron chi connectivity index (χ3n) is 4.39. The maximum absolute atomic E-state index is 12.3. The molecule has 0 saturated carbocycles. The van der Waals surface area contributed by atoms with Gasteiger partial charge in [-0.25, -0.2) is 4.99 Å². The molecule has 0 radical (unpaired) electrons. The number of rotatable bonds is 5. The van der Waals surface area contributed by atoms with Gasteiger partial charge in [-0.3, -0.25) is 14.6 Å². The monoisotopic (exact) mass is 340 g/mol. The summed E-state index contributed by atoms with van der Waals surface area (Å²) in [6.07, 6.45) is 2.34. The zero-order valence-corrected chi connectivity index (χ0v) is 14.2. The van der Waals surface area contributed by atoms with E-state index in [4.69, 9.17) is 10.8 Å². The van der Waals surface area contributed by atoms with Crippen molar-refractivity contribution in [2.75, 3.05) is 12.3 Å². The second-order valence-corrected chi connectivity index (χ2v) is 6.14. The van der Waals surface area contributed by atoms with Gasteiger partial charge in [0.1, 0.15) is 0 Å². The molecule has 2 heterocycles. The SMILES string of the molecule is CCC(C)C(=O)N=c1cc(N)c2ncc3cc(C(=O)CCO)[nH]c1c32. The molecule has 25 heavy (non-hydrogen) atoms. The van der Waals surface area contributed by atoms with E-state index in [-0.39, 0.29) is 30.6 Å². The molecule has 0 aliphatic heterocycles. The van der Waals surface area contributed by atoms with Crippen molar-refractivity contribution in [2.24, 2.45) is 10.9 Å². The van der Waals surface area contributed by atoms with E-state index in [1.54, 1.807) is 18.3 Å². The van der Waals surface area contributed by atoms with Gasteiger partial charge < -0.3 is 15.8 Å². The fraction of sp³-hybridized carbons (Fsp3) is 0.333. The van der Waals surface area contributed by atoms with Crippen molar-refractivity contribution in [1.29, 1.82) is 0 Å². The van der Waals surface area contributed by atoms with Crippen molar-refractivity contribution in [1.82, 2.24) is 9.97 Å². The van der Waals surface area contributed by atoms with E-state index >= 15 is 0 Å². The Balaban J connectivity index is 2.31. The summed E-state index contributed by atoms with van der Waals surface area (Å²) in [4.78, 5) is 36.0. The summed E-state index contributed by atoms with van der Waals surface area (Å²) >= 11 is 0. The highest BCUT2D eigenvalue weighted by Gasteiger charge is 2.16. The smallest absolute Gasteiger partial charge is 0.249 e. The molecule has 0 spiro atoms. The Morgan fingerprint density at radius 2 is 2.16 bits per heavy atom. The van der Waals surface area contributed by atoms with Gasteiger partial charge in [-0.2, -0.15) is 0 Å². The van der Waals surface area contributed by atoms with Gasteiger partial charge in [-0.05, 0) is 18.6 Å². The van der Waals surface area contributed by atoms with Gasteiger partial charge in [0.2, 0.25) is 5.91 Å². The Hall–Kier alpha value is -2.80. The quantitative estimate of drug-likeness (QED) is 0.483. The number of anilines is 1. The lowest BCUT2D eigenvalue weighted by atomic mass is 10.1. The molecule has 130 valence electrons. The van der Waals surface area contributed by atoms with Crippen molar-refractivity contribution < 1.29 is 14.7 Å². The van der Waals surface area contributed by atoms with Crippen LogP contribution < -0.4 is 11.1 Å². The maximum atomic E-state index is 12.3. The number of benzene rings is 1. The normalized spacial score (nSPS) is 13.6. The fourth-order valence-corrected chi connectivity index (χ4v) is 2.74. The van der Waals surface area contributed by atoms with Crippen LogP contribution in [0.5, 0.6) is 0 Å². The minimum absolute atomic E-state index is 0.0126. The molecule has 1 atom stereocenters. The number of aliphatic hydroxyl groups is 1. The number of hydrogen-bond donors (Lipinski definition) is 3. The molecule has 0 fully saturated rings. The standard InChI is InChI=1S/C18H20N4O3/c1-3-9(2)18(25)22-13-7-11(19)16-15-10(8-20-16)6-12(21-17(13)15)14(24)4-5-23/h6-9,21,23H,3-5,19H2,1-2H3. The molecule has 0 aliphatic rings. The summed E-state index contributed by atoms with van der Waals surface area (Å²) in [6, 6.07) is 3.28. The molecule has 1 aromatic carbocycles. The van der Waals surface area contributed by atoms with E-state index in [1.807, 2.05) is 13.8 Å². The van der Waals surface area contributed by atoms with Crippen LogP contribution in [0.3, 0.4) is 0 Å². The van der Waals surface area contributed by atoms with Gasteiger partial charge in [0.05, 0.1) is 34.4 Å². The number of aromatic amines is 1. The largest absolute Gasteiger partial charge is 0.397 e. The van der Waals surface area contributed by atoms with Gasteiger partial charge in [-0.1, -0.05) is 13.8 Å². The lowest BCUT2D eigenvalue weighted by molar-refractivity contribution is -0.121. The highest BCUT2D eigenvalue weighted by molar-refractivity contribution is 6.13. The van der Waals surface area contributed by atoms with E-state index in [0.717, 1.165) is 10.8 Å². The van der Waals surface area contributed by atoms with Crippen LogP contribution in [0.2, 0.25) is 0 Å². The van der Waals surface area contributed by atoms with Crippen LogP contribution in [-0.2, 0) is 4.79 Å². The minimum Gasteiger partial charge on any atom is -0.397 e. The molecule has 1 amide bonds. The number of carbonyl (C=O) groups is 2. The first-order valence-electron chi connectivity index (χ1n) is 8.22. The average molecular weight is 340 g/mol. The second-order valence-electron chi connectivity index (χ2n) is 6.14. The van der Waals surface area contributed by atoms with E-state index in [1.165, 1.54) is 0 Å². The van der Waals surface area contributed by atoms with E-state index in [2.05, 4.69) is 15.0 Å².